The molecule has 0 radical (unpaired) electrons. The lowest BCUT2D eigenvalue weighted by molar-refractivity contribution is 0.211. The first kappa shape index (κ1) is 9.20. The number of benzene rings is 1. The monoisotopic (exact) mass is 204 g/mol. The predicted molar refractivity (Wildman–Crippen MR) is 52.0 cm³/mol. The number of rotatable bonds is 2. The Balaban J connectivity index is 2.31. The van der Waals surface area contributed by atoms with Crippen molar-refractivity contribution in [3.8, 4) is 17.0 Å². The van der Waals surface area contributed by atoms with Crippen LogP contribution in [0.15, 0.2) is 30.5 Å². The van der Waals surface area contributed by atoms with Crippen LogP contribution >= 0.6 is 0 Å². The molecule has 15 heavy (non-hydrogen) atoms. The van der Waals surface area contributed by atoms with Gasteiger partial charge < -0.3 is 10.5 Å². The van der Waals surface area contributed by atoms with E-state index in [-0.39, 0.29) is 0 Å². The maximum Gasteiger partial charge on any atom is 0.409 e. The van der Waals surface area contributed by atoms with Crippen LogP contribution < -0.4 is 10.5 Å². The Hall–Kier alpha value is -2.37. The zero-order chi connectivity index (χ0) is 10.7. The van der Waals surface area contributed by atoms with Crippen molar-refractivity contribution in [3.63, 3.8) is 0 Å². The summed E-state index contributed by atoms with van der Waals surface area (Å²) in [7, 11) is 0. The number of carbonyl (C=O) groups is 1. The smallest absolute Gasteiger partial charge is 0.409 e. The molecule has 1 aromatic heterocycles. The summed E-state index contributed by atoms with van der Waals surface area (Å²) in [6, 6.07) is 6.85. The van der Waals surface area contributed by atoms with E-state index < -0.39 is 6.09 Å². The number of amides is 1. The van der Waals surface area contributed by atoms with Crippen LogP contribution in [0, 0.1) is 0 Å². The molecule has 0 saturated carbocycles. The first-order valence-electron chi connectivity index (χ1n) is 4.19. The molecular formula is C9H8N4O2. The Bertz CT molecular complexity index is 467. The average Bonchev–Trinajstić information content (AvgIpc) is 2.69. The zero-order valence-corrected chi connectivity index (χ0v) is 7.68. The molecule has 0 atom stereocenters. The highest BCUT2D eigenvalue weighted by Gasteiger charge is 2.03. The van der Waals surface area contributed by atoms with Crippen molar-refractivity contribution >= 4 is 6.09 Å². The van der Waals surface area contributed by atoms with Gasteiger partial charge >= 0.3 is 6.09 Å². The Morgan fingerprint density at radius 3 is 3.00 bits per heavy atom. The lowest BCUT2D eigenvalue weighted by Gasteiger charge is -2.01. The molecule has 6 nitrogen and oxygen atoms in total. The second-order valence-corrected chi connectivity index (χ2v) is 2.80. The summed E-state index contributed by atoms with van der Waals surface area (Å²) in [5, 5.41) is 10.1. The van der Waals surface area contributed by atoms with Crippen LogP contribution in [0.4, 0.5) is 4.79 Å². The van der Waals surface area contributed by atoms with Gasteiger partial charge in [-0.15, -0.1) is 0 Å². The van der Waals surface area contributed by atoms with Crippen molar-refractivity contribution in [2.75, 3.05) is 0 Å². The van der Waals surface area contributed by atoms with Gasteiger partial charge in [-0.2, -0.15) is 15.4 Å². The van der Waals surface area contributed by atoms with Crippen LogP contribution in [0.25, 0.3) is 11.3 Å². The van der Waals surface area contributed by atoms with Crippen LogP contribution in [-0.2, 0) is 0 Å². The van der Waals surface area contributed by atoms with E-state index in [2.05, 4.69) is 15.4 Å². The second kappa shape index (κ2) is 3.79. The van der Waals surface area contributed by atoms with E-state index >= 15 is 0 Å². The number of nitrogens with two attached hydrogens (primary N) is 1. The molecular weight excluding hydrogens is 196 g/mol. The van der Waals surface area contributed by atoms with Crippen LogP contribution in [-0.4, -0.2) is 21.5 Å². The standard InChI is InChI=1S/C9H8N4O2/c10-9(14)15-7-3-1-2-6(4-7)8-5-11-13-12-8/h1-5H,(H2,10,14)(H,11,12,13). The van der Waals surface area contributed by atoms with E-state index in [1.807, 2.05) is 6.07 Å². The highest BCUT2D eigenvalue weighted by molar-refractivity contribution is 5.69. The molecule has 1 aromatic carbocycles. The highest BCUT2D eigenvalue weighted by atomic mass is 16.5. The van der Waals surface area contributed by atoms with Crippen LogP contribution in [0.1, 0.15) is 0 Å². The van der Waals surface area contributed by atoms with Gasteiger partial charge in [0.2, 0.25) is 0 Å². The van der Waals surface area contributed by atoms with E-state index in [0.29, 0.717) is 11.4 Å². The largest absolute Gasteiger partial charge is 0.410 e. The summed E-state index contributed by atoms with van der Waals surface area (Å²) in [6.07, 6.45) is 0.732. The summed E-state index contributed by atoms with van der Waals surface area (Å²) in [6.45, 7) is 0. The number of nitrogens with one attached hydrogen (secondary N) is 1. The Kier molecular flexibility index (Phi) is 2.32. The molecule has 0 fully saturated rings. The molecule has 0 saturated heterocycles. The fourth-order valence-electron chi connectivity index (χ4n) is 1.18. The molecule has 3 N–H and O–H groups in total. The third kappa shape index (κ3) is 2.11. The van der Waals surface area contributed by atoms with E-state index in [1.165, 1.54) is 0 Å². The molecule has 6 heteroatoms. The normalized spacial score (nSPS) is 9.87. The average molecular weight is 204 g/mol. The lowest BCUT2D eigenvalue weighted by atomic mass is 10.1. The molecule has 0 bridgehead atoms. The molecule has 76 valence electrons. The Morgan fingerprint density at radius 1 is 1.47 bits per heavy atom. The molecule has 0 unspecified atom stereocenters. The van der Waals surface area contributed by atoms with Gasteiger partial charge in [-0.25, -0.2) is 4.79 Å². The number of hydrogen-bond acceptors (Lipinski definition) is 4. The third-order valence-electron chi connectivity index (χ3n) is 1.76. The molecule has 0 spiro atoms. The SMILES string of the molecule is NC(=O)Oc1cccc(-c2cn[nH]n2)c1. The van der Waals surface area contributed by atoms with Gasteiger partial charge in [0.1, 0.15) is 11.4 Å². The van der Waals surface area contributed by atoms with Gasteiger partial charge in [0, 0.05) is 5.56 Å². The van der Waals surface area contributed by atoms with Gasteiger partial charge in [-0.3, -0.25) is 0 Å². The van der Waals surface area contributed by atoms with E-state index in [1.54, 1.807) is 24.4 Å². The van der Waals surface area contributed by atoms with Crippen molar-refractivity contribution in [1.82, 2.24) is 15.4 Å². The summed E-state index contributed by atoms with van der Waals surface area (Å²) in [4.78, 5) is 10.5. The first-order chi connectivity index (χ1) is 7.25. The number of aromatic amines is 1. The number of carbonyl (C=O) groups excluding carboxylic acids is 1. The lowest BCUT2D eigenvalue weighted by Crippen LogP contribution is -2.16. The summed E-state index contributed by atoms with van der Waals surface area (Å²) in [5.41, 5.74) is 6.36. The summed E-state index contributed by atoms with van der Waals surface area (Å²) in [5.74, 6) is 0.378. The van der Waals surface area contributed by atoms with Gasteiger partial charge in [0.15, 0.2) is 0 Å². The quantitative estimate of drug-likeness (QED) is 0.760. The van der Waals surface area contributed by atoms with Gasteiger partial charge in [0.05, 0.1) is 6.20 Å². The molecule has 0 aliphatic rings. The molecule has 2 rings (SSSR count). The number of ether oxygens (including phenoxy) is 1. The molecule has 0 aliphatic carbocycles. The zero-order valence-electron chi connectivity index (χ0n) is 7.68. The molecule has 2 aromatic rings. The van der Waals surface area contributed by atoms with Crippen molar-refractivity contribution in [1.29, 1.82) is 0 Å². The number of H-pyrrole nitrogens is 1. The highest BCUT2D eigenvalue weighted by Crippen LogP contribution is 2.21. The number of aromatic nitrogens is 3. The van der Waals surface area contributed by atoms with Crippen molar-refractivity contribution in [2.24, 2.45) is 5.73 Å². The number of nitrogens with zero attached hydrogens (tertiary/aromatic N) is 2. The predicted octanol–water partition coefficient (Wildman–Crippen LogP) is 0.929. The first-order valence-corrected chi connectivity index (χ1v) is 4.19. The van der Waals surface area contributed by atoms with Crippen LogP contribution in [0.3, 0.4) is 0 Å². The minimum absolute atomic E-state index is 0.378. The summed E-state index contributed by atoms with van der Waals surface area (Å²) >= 11 is 0. The molecule has 1 heterocycles. The minimum atomic E-state index is -0.840. The maximum absolute atomic E-state index is 10.5. The van der Waals surface area contributed by atoms with Crippen molar-refractivity contribution in [3.05, 3.63) is 30.5 Å². The van der Waals surface area contributed by atoms with Gasteiger partial charge in [0.25, 0.3) is 0 Å². The summed E-state index contributed by atoms with van der Waals surface area (Å²) < 4.78 is 4.73. The molecule has 0 aliphatic heterocycles. The molecule has 1 amide bonds. The topological polar surface area (TPSA) is 93.9 Å². The Morgan fingerprint density at radius 2 is 2.33 bits per heavy atom. The fraction of sp³-hybridized carbons (Fsp3) is 0. The van der Waals surface area contributed by atoms with Crippen LogP contribution in [0.5, 0.6) is 5.75 Å². The number of hydrogen-bond donors (Lipinski definition) is 2. The van der Waals surface area contributed by atoms with E-state index in [9.17, 15) is 4.79 Å². The minimum Gasteiger partial charge on any atom is -0.410 e. The maximum atomic E-state index is 10.5. The second-order valence-electron chi connectivity index (χ2n) is 2.80. The van der Waals surface area contributed by atoms with Gasteiger partial charge in [-0.1, -0.05) is 12.1 Å². The van der Waals surface area contributed by atoms with Gasteiger partial charge in [-0.05, 0) is 12.1 Å². The van der Waals surface area contributed by atoms with Crippen molar-refractivity contribution < 1.29 is 9.53 Å². The number of primary amides is 1. The third-order valence-corrected chi connectivity index (χ3v) is 1.76. The van der Waals surface area contributed by atoms with E-state index in [4.69, 9.17) is 10.5 Å². The Labute approximate surface area is 85.1 Å². The van der Waals surface area contributed by atoms with E-state index in [0.717, 1.165) is 5.56 Å². The van der Waals surface area contributed by atoms with Crippen LogP contribution in [0.2, 0.25) is 0 Å². The fourth-order valence-corrected chi connectivity index (χ4v) is 1.18. The van der Waals surface area contributed by atoms with Crippen molar-refractivity contribution in [2.45, 2.75) is 0 Å².